The van der Waals surface area contributed by atoms with E-state index in [0.717, 1.165) is 31.2 Å². The largest absolute Gasteiger partial charge is 0.405 e. The minimum absolute atomic E-state index is 0.187. The number of alkyl halides is 3. The molecular weight excluding hydrogens is 495 g/mol. The van der Waals surface area contributed by atoms with Gasteiger partial charge in [-0.3, -0.25) is 4.79 Å². The second-order valence-electron chi connectivity index (χ2n) is 9.43. The molecule has 1 amide bonds. The van der Waals surface area contributed by atoms with E-state index in [-0.39, 0.29) is 24.2 Å². The fraction of sp³-hybridized carbons (Fsp3) is 0.407. The molecule has 1 saturated carbocycles. The minimum Gasteiger partial charge on any atom is -0.358 e. The molecule has 11 heteroatoms. The molecule has 3 N–H and O–H groups in total. The lowest BCUT2D eigenvalue weighted by Gasteiger charge is -2.27. The predicted octanol–water partition coefficient (Wildman–Crippen LogP) is 5.86. The third-order valence-corrected chi connectivity index (χ3v) is 6.49. The van der Waals surface area contributed by atoms with Gasteiger partial charge in [-0.1, -0.05) is 56.4 Å². The molecule has 1 aromatic carbocycles. The van der Waals surface area contributed by atoms with Crippen LogP contribution in [0.15, 0.2) is 54.9 Å². The second-order valence-corrected chi connectivity index (χ2v) is 9.43. The zero-order valence-corrected chi connectivity index (χ0v) is 20.8. The molecule has 2 aromatic heterocycles. The van der Waals surface area contributed by atoms with Gasteiger partial charge in [-0.05, 0) is 30.0 Å². The van der Waals surface area contributed by atoms with Gasteiger partial charge in [-0.15, -0.1) is 0 Å². The quantitative estimate of drug-likeness (QED) is 0.289. The molecule has 1 unspecified atom stereocenters. The Labute approximate surface area is 219 Å². The van der Waals surface area contributed by atoms with E-state index < -0.39 is 18.8 Å². The van der Waals surface area contributed by atoms with E-state index in [1.165, 1.54) is 6.42 Å². The number of halogens is 3. The normalized spacial score (nSPS) is 14.9. The average molecular weight is 526 g/mol. The second kappa shape index (κ2) is 12.4. The Hall–Kier alpha value is -4.07. The number of carbonyl (C=O) groups is 1. The molecule has 0 radical (unpaired) electrons. The number of nitrogens with one attached hydrogen (secondary N) is 3. The molecule has 1 fully saturated rings. The van der Waals surface area contributed by atoms with Crippen molar-refractivity contribution in [2.75, 3.05) is 17.2 Å². The van der Waals surface area contributed by atoms with Gasteiger partial charge in [0.25, 0.3) is 0 Å². The van der Waals surface area contributed by atoms with Crippen molar-refractivity contribution >= 4 is 23.4 Å². The first kappa shape index (κ1) is 27.0. The third kappa shape index (κ3) is 7.96. The lowest BCUT2D eigenvalue weighted by atomic mass is 9.84. The first-order valence-corrected chi connectivity index (χ1v) is 12.6. The van der Waals surface area contributed by atoms with E-state index in [1.807, 2.05) is 0 Å². The van der Waals surface area contributed by atoms with Crippen molar-refractivity contribution < 1.29 is 18.0 Å². The first-order chi connectivity index (χ1) is 18.3. The summed E-state index contributed by atoms with van der Waals surface area (Å²) >= 11 is 0. The highest BCUT2D eigenvalue weighted by Crippen LogP contribution is 2.29. The number of nitrogens with zero attached hydrogens (tertiary/aromatic N) is 4. The number of carbonyl (C=O) groups excluding carboxylic acids is 1. The van der Waals surface area contributed by atoms with Crippen LogP contribution in [-0.2, 0) is 11.3 Å². The predicted molar refractivity (Wildman–Crippen MR) is 139 cm³/mol. The minimum atomic E-state index is -4.43. The fourth-order valence-electron chi connectivity index (χ4n) is 4.55. The monoisotopic (exact) mass is 525 g/mol. The van der Waals surface area contributed by atoms with E-state index in [9.17, 15) is 18.0 Å². The summed E-state index contributed by atoms with van der Waals surface area (Å²) in [5, 5.41) is 8.38. The Morgan fingerprint density at radius 2 is 1.82 bits per heavy atom. The molecule has 1 aliphatic rings. The number of anilines is 2. The molecule has 38 heavy (non-hydrogen) atoms. The summed E-state index contributed by atoms with van der Waals surface area (Å²) in [6.45, 7) is 6.09. The summed E-state index contributed by atoms with van der Waals surface area (Å²) in [6.07, 6.45) is 5.07. The molecule has 0 saturated heterocycles. The number of hydrogen-bond donors (Lipinski definition) is 3. The summed E-state index contributed by atoms with van der Waals surface area (Å²) in [6, 6.07) is 11.5. The van der Waals surface area contributed by atoms with Crippen molar-refractivity contribution in [1.29, 1.82) is 0 Å². The highest BCUT2D eigenvalue weighted by molar-refractivity contribution is 5.84. The standard InChI is InChI=1S/C27H30F3N7O/c1-31-21-11-9-20(10-12-21)17-32-25(38)22(15-19-7-3-2-4-8-19)34-23-16-24(37-13-5-6-14-37)36-26(35-23)33-18-27(28,29)30/h5-6,9-14,16,19,22H,2-4,7-8,15,17-18H2,(H,32,38)(H2,33,34,35,36). The first-order valence-electron chi connectivity index (χ1n) is 12.6. The van der Waals surface area contributed by atoms with Crippen molar-refractivity contribution in [1.82, 2.24) is 19.9 Å². The van der Waals surface area contributed by atoms with E-state index in [1.54, 1.807) is 59.4 Å². The molecule has 3 aromatic rings. The van der Waals surface area contributed by atoms with Crippen LogP contribution in [0.25, 0.3) is 10.7 Å². The average Bonchev–Trinajstić information content (AvgIpc) is 3.46. The van der Waals surface area contributed by atoms with Crippen LogP contribution in [-0.4, -0.2) is 39.2 Å². The van der Waals surface area contributed by atoms with Gasteiger partial charge in [0.2, 0.25) is 11.9 Å². The fourth-order valence-corrected chi connectivity index (χ4v) is 4.55. The highest BCUT2D eigenvalue weighted by Gasteiger charge is 2.28. The van der Waals surface area contributed by atoms with Gasteiger partial charge in [0.1, 0.15) is 24.2 Å². The zero-order chi connectivity index (χ0) is 27.0. The number of hydrogen-bond acceptors (Lipinski definition) is 5. The van der Waals surface area contributed by atoms with Gasteiger partial charge in [0.05, 0.1) is 6.57 Å². The maximum Gasteiger partial charge on any atom is 0.405 e. The van der Waals surface area contributed by atoms with Gasteiger partial charge in [-0.25, -0.2) is 4.85 Å². The Balaban J connectivity index is 1.54. The van der Waals surface area contributed by atoms with Gasteiger partial charge >= 0.3 is 6.18 Å². The topological polar surface area (TPSA) is 88.2 Å². The van der Waals surface area contributed by atoms with Crippen molar-refractivity contribution in [2.24, 2.45) is 5.92 Å². The number of aromatic nitrogens is 3. The molecule has 2 heterocycles. The maximum atomic E-state index is 13.3. The van der Waals surface area contributed by atoms with Crippen LogP contribution in [0.2, 0.25) is 0 Å². The molecule has 8 nitrogen and oxygen atoms in total. The zero-order valence-electron chi connectivity index (χ0n) is 20.8. The van der Waals surface area contributed by atoms with Crippen LogP contribution in [0.5, 0.6) is 0 Å². The SMILES string of the molecule is [C-]#[N+]c1ccc(CNC(=O)C(CC2CCCCC2)Nc2cc(-n3cccc3)nc(NCC(F)(F)F)n2)cc1. The van der Waals surface area contributed by atoms with Crippen molar-refractivity contribution in [3.05, 3.63) is 71.8 Å². The van der Waals surface area contributed by atoms with Crippen LogP contribution in [0.3, 0.4) is 0 Å². The molecular formula is C27H30F3N7O. The maximum absolute atomic E-state index is 13.3. The van der Waals surface area contributed by atoms with Crippen LogP contribution in [0.1, 0.15) is 44.1 Å². The molecule has 0 spiro atoms. The molecule has 1 aliphatic carbocycles. The Morgan fingerprint density at radius 1 is 1.11 bits per heavy atom. The molecule has 0 bridgehead atoms. The Bertz CT molecular complexity index is 1230. The molecule has 4 rings (SSSR count). The van der Waals surface area contributed by atoms with Crippen LogP contribution in [0.4, 0.5) is 30.6 Å². The van der Waals surface area contributed by atoms with Crippen LogP contribution in [0, 0.1) is 12.5 Å². The van der Waals surface area contributed by atoms with Crippen molar-refractivity contribution in [3.8, 4) is 5.82 Å². The van der Waals surface area contributed by atoms with Crippen molar-refractivity contribution in [2.45, 2.75) is 57.3 Å². The summed E-state index contributed by atoms with van der Waals surface area (Å²) in [5.41, 5.74) is 1.38. The molecule has 0 aliphatic heterocycles. The number of amides is 1. The van der Waals surface area contributed by atoms with Crippen LogP contribution < -0.4 is 16.0 Å². The summed E-state index contributed by atoms with van der Waals surface area (Å²) in [4.78, 5) is 25.2. The number of benzene rings is 1. The van der Waals surface area contributed by atoms with E-state index in [4.69, 9.17) is 6.57 Å². The Kier molecular flexibility index (Phi) is 8.84. The van der Waals surface area contributed by atoms with Gasteiger partial charge in [0.15, 0.2) is 5.69 Å². The lowest BCUT2D eigenvalue weighted by Crippen LogP contribution is -2.41. The van der Waals surface area contributed by atoms with E-state index in [2.05, 4.69) is 30.8 Å². The summed E-state index contributed by atoms with van der Waals surface area (Å²) in [5.74, 6) is 0.571. The third-order valence-electron chi connectivity index (χ3n) is 6.49. The molecule has 1 atom stereocenters. The highest BCUT2D eigenvalue weighted by atomic mass is 19.4. The Morgan fingerprint density at radius 3 is 2.47 bits per heavy atom. The summed E-state index contributed by atoms with van der Waals surface area (Å²) in [7, 11) is 0. The number of rotatable bonds is 10. The van der Waals surface area contributed by atoms with Gasteiger partial charge < -0.3 is 20.5 Å². The van der Waals surface area contributed by atoms with Gasteiger partial charge in [-0.2, -0.15) is 23.1 Å². The molecule has 200 valence electrons. The van der Waals surface area contributed by atoms with Gasteiger partial charge in [0, 0.05) is 25.0 Å². The van der Waals surface area contributed by atoms with Crippen LogP contribution >= 0.6 is 0 Å². The smallest absolute Gasteiger partial charge is 0.358 e. The summed E-state index contributed by atoms with van der Waals surface area (Å²) < 4.78 is 40.2. The van der Waals surface area contributed by atoms with E-state index in [0.29, 0.717) is 23.8 Å². The van der Waals surface area contributed by atoms with Crippen molar-refractivity contribution in [3.63, 3.8) is 0 Å². The lowest BCUT2D eigenvalue weighted by molar-refractivity contribution is -0.122. The van der Waals surface area contributed by atoms with E-state index >= 15 is 0 Å².